The van der Waals surface area contributed by atoms with E-state index >= 15 is 0 Å². The van der Waals surface area contributed by atoms with E-state index in [9.17, 15) is 4.79 Å². The van der Waals surface area contributed by atoms with E-state index < -0.39 is 10.4 Å². The van der Waals surface area contributed by atoms with E-state index in [4.69, 9.17) is 17.5 Å². The molecule has 0 bridgehead atoms. The summed E-state index contributed by atoms with van der Waals surface area (Å²) in [5, 5.41) is 7.08. The molecule has 7 nitrogen and oxygen atoms in total. The molecule has 1 aliphatic rings. The SMILES string of the molecule is CCCC(CC(C)C)(C(=O)c1ccccc1)C1CNCCN1.O=S(=O)(O)O. The summed E-state index contributed by atoms with van der Waals surface area (Å²) in [6.45, 7) is 9.43. The first-order chi connectivity index (χ1) is 12.6. The number of Topliss-reactive ketones (excluding diaryl/α,β-unsaturated/α-hetero) is 1. The van der Waals surface area contributed by atoms with Gasteiger partial charge in [0.2, 0.25) is 0 Å². The first-order valence-electron chi connectivity index (χ1n) is 9.34. The molecule has 2 rings (SSSR count). The maximum absolute atomic E-state index is 13.4. The second kappa shape index (κ2) is 10.9. The highest BCUT2D eigenvalue weighted by molar-refractivity contribution is 7.79. The Labute approximate surface area is 162 Å². The highest BCUT2D eigenvalue weighted by Gasteiger charge is 2.45. The topological polar surface area (TPSA) is 116 Å². The van der Waals surface area contributed by atoms with E-state index in [1.165, 1.54) is 0 Å². The third-order valence-electron chi connectivity index (χ3n) is 4.66. The fraction of sp³-hybridized carbons (Fsp3) is 0.632. The summed E-state index contributed by atoms with van der Waals surface area (Å²) in [6.07, 6.45) is 2.91. The summed E-state index contributed by atoms with van der Waals surface area (Å²) in [7, 11) is -4.67. The van der Waals surface area contributed by atoms with E-state index in [0.29, 0.717) is 11.7 Å². The van der Waals surface area contributed by atoms with Gasteiger partial charge in [0.25, 0.3) is 0 Å². The zero-order valence-corrected chi connectivity index (χ0v) is 17.1. The van der Waals surface area contributed by atoms with Crippen molar-refractivity contribution in [1.82, 2.24) is 10.6 Å². The minimum absolute atomic E-state index is 0.219. The van der Waals surface area contributed by atoms with Crippen LogP contribution in [0.1, 0.15) is 50.4 Å². The van der Waals surface area contributed by atoms with Crippen molar-refractivity contribution >= 4 is 16.2 Å². The van der Waals surface area contributed by atoms with Crippen LogP contribution in [0.3, 0.4) is 0 Å². The number of piperazine rings is 1. The molecule has 27 heavy (non-hydrogen) atoms. The molecule has 0 saturated carbocycles. The zero-order valence-electron chi connectivity index (χ0n) is 16.3. The van der Waals surface area contributed by atoms with Crippen molar-refractivity contribution in [3.05, 3.63) is 35.9 Å². The minimum Gasteiger partial charge on any atom is -0.314 e. The van der Waals surface area contributed by atoms with E-state index in [2.05, 4.69) is 31.4 Å². The molecule has 1 saturated heterocycles. The van der Waals surface area contributed by atoms with Gasteiger partial charge in [-0.25, -0.2) is 0 Å². The number of carbonyl (C=O) groups excluding carboxylic acids is 1. The Balaban J connectivity index is 0.000000646. The van der Waals surface area contributed by atoms with Crippen molar-refractivity contribution in [2.45, 2.75) is 46.1 Å². The zero-order chi connectivity index (χ0) is 20.5. The molecule has 1 fully saturated rings. The van der Waals surface area contributed by atoms with Gasteiger partial charge in [-0.2, -0.15) is 8.42 Å². The largest absolute Gasteiger partial charge is 0.394 e. The second-order valence-electron chi connectivity index (χ2n) is 7.36. The number of hydrogen-bond acceptors (Lipinski definition) is 5. The molecule has 1 aliphatic heterocycles. The first kappa shape index (κ1) is 23.7. The van der Waals surface area contributed by atoms with Crippen LogP contribution in [0.5, 0.6) is 0 Å². The Morgan fingerprint density at radius 2 is 1.81 bits per heavy atom. The van der Waals surface area contributed by atoms with Crippen molar-refractivity contribution in [3.63, 3.8) is 0 Å². The van der Waals surface area contributed by atoms with Gasteiger partial charge >= 0.3 is 10.4 Å². The normalized spacial score (nSPS) is 19.7. The molecule has 1 heterocycles. The summed E-state index contributed by atoms with van der Waals surface area (Å²) in [5.41, 5.74) is 0.543. The Morgan fingerprint density at radius 3 is 2.26 bits per heavy atom. The molecule has 8 heteroatoms. The molecule has 0 aromatic heterocycles. The van der Waals surface area contributed by atoms with Crippen LogP contribution < -0.4 is 10.6 Å². The Kier molecular flexibility index (Phi) is 9.55. The fourth-order valence-corrected chi connectivity index (χ4v) is 3.88. The lowest BCUT2D eigenvalue weighted by Gasteiger charge is -2.43. The molecule has 0 aliphatic carbocycles. The Bertz CT molecular complexity index is 665. The Hall–Kier alpha value is -1.32. The van der Waals surface area contributed by atoms with Crippen molar-refractivity contribution in [2.75, 3.05) is 19.6 Å². The average Bonchev–Trinajstić information content (AvgIpc) is 2.60. The predicted molar refractivity (Wildman–Crippen MR) is 106 cm³/mol. The van der Waals surface area contributed by atoms with Crippen LogP contribution in [0.2, 0.25) is 0 Å². The molecule has 154 valence electrons. The van der Waals surface area contributed by atoms with Crippen molar-refractivity contribution in [1.29, 1.82) is 0 Å². The lowest BCUT2D eigenvalue weighted by molar-refractivity contribution is 0.0601. The standard InChI is InChI=1S/C19H30N2O.H2O4S/c1-4-10-19(13-15(2)3,17-14-20-11-12-21-17)18(22)16-8-6-5-7-9-16;1-5(2,3)4/h5-9,15,17,20-21H,4,10-14H2,1-3H3;(H2,1,2,3,4). The second-order valence-corrected chi connectivity index (χ2v) is 8.25. The van der Waals surface area contributed by atoms with Gasteiger partial charge in [0.15, 0.2) is 5.78 Å². The molecular formula is C19H32N2O5S. The van der Waals surface area contributed by atoms with Gasteiger partial charge in [0.05, 0.1) is 5.41 Å². The van der Waals surface area contributed by atoms with Gasteiger partial charge in [0, 0.05) is 31.2 Å². The van der Waals surface area contributed by atoms with Crippen molar-refractivity contribution in [3.8, 4) is 0 Å². The van der Waals surface area contributed by atoms with Crippen LogP contribution in [0, 0.1) is 11.3 Å². The van der Waals surface area contributed by atoms with Crippen molar-refractivity contribution in [2.24, 2.45) is 11.3 Å². The lowest BCUT2D eigenvalue weighted by Crippen LogP contribution is -2.59. The molecule has 1 aromatic carbocycles. The number of rotatable bonds is 7. The monoisotopic (exact) mass is 400 g/mol. The third-order valence-corrected chi connectivity index (χ3v) is 4.66. The molecule has 2 atom stereocenters. The van der Waals surface area contributed by atoms with E-state index in [1.807, 2.05) is 30.3 Å². The van der Waals surface area contributed by atoms with Crippen LogP contribution in [0.15, 0.2) is 30.3 Å². The average molecular weight is 401 g/mol. The smallest absolute Gasteiger partial charge is 0.314 e. The highest BCUT2D eigenvalue weighted by atomic mass is 32.3. The summed E-state index contributed by atoms with van der Waals surface area (Å²) in [6, 6.07) is 10.0. The molecule has 4 N–H and O–H groups in total. The number of nitrogens with one attached hydrogen (secondary N) is 2. The number of benzene rings is 1. The van der Waals surface area contributed by atoms with Crippen LogP contribution in [0.25, 0.3) is 0 Å². The van der Waals surface area contributed by atoms with Crippen LogP contribution in [0.4, 0.5) is 0 Å². The molecule has 1 aromatic rings. The van der Waals surface area contributed by atoms with Crippen LogP contribution in [-0.4, -0.2) is 49.0 Å². The van der Waals surface area contributed by atoms with Gasteiger partial charge in [-0.05, 0) is 18.8 Å². The summed E-state index contributed by atoms with van der Waals surface area (Å²) in [5.74, 6) is 0.813. The maximum atomic E-state index is 13.4. The van der Waals surface area contributed by atoms with Crippen molar-refractivity contribution < 1.29 is 22.3 Å². The van der Waals surface area contributed by atoms with E-state index in [0.717, 1.165) is 44.5 Å². The van der Waals surface area contributed by atoms with Gasteiger partial charge < -0.3 is 10.6 Å². The third kappa shape index (κ3) is 8.06. The van der Waals surface area contributed by atoms with Gasteiger partial charge in [-0.3, -0.25) is 13.9 Å². The van der Waals surface area contributed by atoms with Gasteiger partial charge in [-0.1, -0.05) is 57.5 Å². The Morgan fingerprint density at radius 1 is 1.22 bits per heavy atom. The lowest BCUT2D eigenvalue weighted by atomic mass is 9.66. The molecular weight excluding hydrogens is 368 g/mol. The molecule has 2 unspecified atom stereocenters. The van der Waals surface area contributed by atoms with Gasteiger partial charge in [0.1, 0.15) is 0 Å². The number of carbonyl (C=O) groups is 1. The highest BCUT2D eigenvalue weighted by Crippen LogP contribution is 2.39. The predicted octanol–water partition coefficient (Wildman–Crippen LogP) is 2.61. The van der Waals surface area contributed by atoms with Gasteiger partial charge in [-0.15, -0.1) is 0 Å². The van der Waals surface area contributed by atoms with Crippen LogP contribution >= 0.6 is 0 Å². The maximum Gasteiger partial charge on any atom is 0.394 e. The molecule has 0 radical (unpaired) electrons. The molecule has 0 amide bonds. The first-order valence-corrected chi connectivity index (χ1v) is 10.7. The minimum atomic E-state index is -4.67. The summed E-state index contributed by atoms with van der Waals surface area (Å²) >= 11 is 0. The summed E-state index contributed by atoms with van der Waals surface area (Å²) in [4.78, 5) is 13.4. The fourth-order valence-electron chi connectivity index (χ4n) is 3.88. The van der Waals surface area contributed by atoms with E-state index in [-0.39, 0.29) is 11.5 Å². The quantitative estimate of drug-likeness (QED) is 0.411. The summed E-state index contributed by atoms with van der Waals surface area (Å²) < 4.78 is 31.6. The van der Waals surface area contributed by atoms with Crippen LogP contribution in [-0.2, 0) is 10.4 Å². The number of hydrogen-bond donors (Lipinski definition) is 4. The molecule has 0 spiro atoms. The number of ketones is 1. The van der Waals surface area contributed by atoms with E-state index in [1.54, 1.807) is 0 Å².